The van der Waals surface area contributed by atoms with Crippen molar-refractivity contribution in [2.75, 3.05) is 49.6 Å². The Morgan fingerprint density at radius 3 is 2.50 bits per heavy atom. The predicted octanol–water partition coefficient (Wildman–Crippen LogP) is 4.60. The predicted molar refractivity (Wildman–Crippen MR) is 162 cm³/mol. The summed E-state index contributed by atoms with van der Waals surface area (Å²) < 4.78 is 35.4. The Hall–Kier alpha value is -4.15. The highest BCUT2D eigenvalue weighted by Crippen LogP contribution is 2.31. The van der Waals surface area contributed by atoms with Crippen molar-refractivity contribution in [2.45, 2.75) is 12.8 Å². The molecule has 5 rings (SSSR count). The lowest BCUT2D eigenvalue weighted by Gasteiger charge is -2.35. The first-order valence-electron chi connectivity index (χ1n) is 14.0. The van der Waals surface area contributed by atoms with E-state index in [1.54, 1.807) is 17.0 Å². The van der Waals surface area contributed by atoms with Gasteiger partial charge in [0.05, 0.1) is 22.5 Å². The maximum atomic E-state index is 14.8. The molecular formula is C30H29ClF2N6O4S. The van der Waals surface area contributed by atoms with E-state index in [9.17, 15) is 23.2 Å². The first-order valence-corrected chi connectivity index (χ1v) is 15.5. The molecular weight excluding hydrogens is 614 g/mol. The van der Waals surface area contributed by atoms with Gasteiger partial charge in [0.15, 0.2) is 24.0 Å². The quantitative estimate of drug-likeness (QED) is 0.400. The molecule has 2 fully saturated rings. The minimum Gasteiger partial charge on any atom is -0.476 e. The number of nitrogens with one attached hydrogen (secondary N) is 1. The smallest absolute Gasteiger partial charge is 0.291 e. The van der Waals surface area contributed by atoms with Crippen molar-refractivity contribution in [3.63, 3.8) is 0 Å². The lowest BCUT2D eigenvalue weighted by atomic mass is 9.94. The van der Waals surface area contributed by atoms with Gasteiger partial charge in [0.1, 0.15) is 6.07 Å². The Morgan fingerprint density at radius 1 is 1.09 bits per heavy atom. The summed E-state index contributed by atoms with van der Waals surface area (Å²) in [5.74, 6) is -1.84. The van der Waals surface area contributed by atoms with Crippen molar-refractivity contribution in [2.24, 2.45) is 13.0 Å². The second-order valence-corrected chi connectivity index (χ2v) is 12.0. The number of nitrogens with zero attached hydrogens (tertiary/aromatic N) is 5. The van der Waals surface area contributed by atoms with Gasteiger partial charge in [-0.25, -0.2) is 9.37 Å². The van der Waals surface area contributed by atoms with Crippen molar-refractivity contribution >= 4 is 46.8 Å². The fraction of sp³-hybridized carbons (Fsp3) is 0.367. The molecule has 0 atom stereocenters. The highest BCUT2D eigenvalue weighted by atomic mass is 35.5. The second kappa shape index (κ2) is 13.7. The number of benzene rings is 2. The van der Waals surface area contributed by atoms with E-state index in [2.05, 4.69) is 10.3 Å². The number of ether oxygens (including phenoxy) is 1. The van der Waals surface area contributed by atoms with Crippen LogP contribution in [0.3, 0.4) is 0 Å². The molecule has 2 saturated heterocycles. The third kappa shape index (κ3) is 6.51. The average molecular weight is 643 g/mol. The first-order chi connectivity index (χ1) is 21.2. The van der Waals surface area contributed by atoms with Crippen LogP contribution >= 0.6 is 23.4 Å². The summed E-state index contributed by atoms with van der Waals surface area (Å²) in [5.41, 5.74) is 0.575. The van der Waals surface area contributed by atoms with Gasteiger partial charge in [0, 0.05) is 61.9 Å². The zero-order chi connectivity index (χ0) is 31.4. The summed E-state index contributed by atoms with van der Waals surface area (Å²) >= 11 is 8.31. The molecule has 0 bridgehead atoms. The number of aromatic nitrogens is 2. The van der Waals surface area contributed by atoms with Crippen LogP contribution in [0.4, 0.5) is 14.5 Å². The van der Waals surface area contributed by atoms with Gasteiger partial charge in [-0.05, 0) is 43.2 Å². The van der Waals surface area contributed by atoms with Crippen molar-refractivity contribution in [1.82, 2.24) is 19.4 Å². The third-order valence-corrected chi connectivity index (χ3v) is 8.97. The number of thioether (sulfide) groups is 1. The molecule has 14 heteroatoms. The van der Waals surface area contributed by atoms with Crippen LogP contribution in [0.15, 0.2) is 36.5 Å². The summed E-state index contributed by atoms with van der Waals surface area (Å²) in [6.45, 7) is 2.01. The van der Waals surface area contributed by atoms with Crippen LogP contribution in [0.2, 0.25) is 5.02 Å². The molecule has 1 N–H and O–H groups in total. The van der Waals surface area contributed by atoms with Crippen molar-refractivity contribution in [1.29, 1.82) is 5.26 Å². The zero-order valence-corrected chi connectivity index (χ0v) is 25.4. The molecule has 230 valence electrons. The van der Waals surface area contributed by atoms with E-state index in [0.717, 1.165) is 24.6 Å². The Labute approximate surface area is 261 Å². The molecule has 2 aliphatic rings. The lowest BCUT2D eigenvalue weighted by molar-refractivity contribution is -0.136. The molecule has 3 amide bonds. The number of nitriles is 1. The van der Waals surface area contributed by atoms with E-state index >= 15 is 0 Å². The van der Waals surface area contributed by atoms with Gasteiger partial charge < -0.3 is 24.4 Å². The van der Waals surface area contributed by atoms with Crippen LogP contribution in [0.25, 0.3) is 11.3 Å². The average Bonchev–Trinajstić information content (AvgIpc) is 3.42. The fourth-order valence-corrected chi connectivity index (χ4v) is 6.48. The number of halogens is 3. The highest BCUT2D eigenvalue weighted by Gasteiger charge is 2.32. The van der Waals surface area contributed by atoms with E-state index in [4.69, 9.17) is 21.6 Å². The molecule has 0 spiro atoms. The van der Waals surface area contributed by atoms with Crippen LogP contribution in [0.5, 0.6) is 5.75 Å². The molecule has 10 nitrogen and oxygen atoms in total. The molecule has 0 unspecified atom stereocenters. The minimum absolute atomic E-state index is 0.0818. The summed E-state index contributed by atoms with van der Waals surface area (Å²) in [5, 5.41) is 11.4. The van der Waals surface area contributed by atoms with Gasteiger partial charge >= 0.3 is 0 Å². The van der Waals surface area contributed by atoms with Crippen LogP contribution in [-0.4, -0.2) is 81.4 Å². The van der Waals surface area contributed by atoms with E-state index in [-0.39, 0.29) is 45.4 Å². The van der Waals surface area contributed by atoms with E-state index < -0.39 is 29.9 Å². The van der Waals surface area contributed by atoms with Crippen LogP contribution < -0.4 is 10.1 Å². The van der Waals surface area contributed by atoms with Gasteiger partial charge in [-0.15, -0.1) is 0 Å². The van der Waals surface area contributed by atoms with Crippen LogP contribution in [0, 0.1) is 28.9 Å². The number of hydrogen-bond donors (Lipinski definition) is 1. The SMILES string of the molecule is Cn1c(-c2ccc(OCC#N)c(F)c2F)cnc1C(=O)Nc1ccc(C(=O)N2CCC(C(=O)N3CCSCC3)CC2)c(Cl)c1. The molecule has 2 aliphatic heterocycles. The first kappa shape index (κ1) is 31.3. The fourth-order valence-electron chi connectivity index (χ4n) is 5.32. The number of amides is 3. The van der Waals surface area contributed by atoms with Crippen molar-refractivity contribution < 1.29 is 27.9 Å². The van der Waals surface area contributed by atoms with Crippen LogP contribution in [-0.2, 0) is 11.8 Å². The Kier molecular flexibility index (Phi) is 9.71. The molecule has 3 heterocycles. The largest absolute Gasteiger partial charge is 0.476 e. The Morgan fingerprint density at radius 2 is 1.82 bits per heavy atom. The normalized spacial score (nSPS) is 15.5. The topological polar surface area (TPSA) is 121 Å². The number of carbonyl (C=O) groups excluding carboxylic acids is 3. The maximum absolute atomic E-state index is 14.8. The number of imidazole rings is 1. The maximum Gasteiger partial charge on any atom is 0.291 e. The number of anilines is 1. The monoisotopic (exact) mass is 642 g/mol. The van der Waals surface area contributed by atoms with Gasteiger partial charge in [-0.1, -0.05) is 11.6 Å². The van der Waals surface area contributed by atoms with E-state index in [0.29, 0.717) is 31.6 Å². The molecule has 3 aromatic rings. The second-order valence-electron chi connectivity index (χ2n) is 10.4. The number of carbonyl (C=O) groups is 3. The summed E-state index contributed by atoms with van der Waals surface area (Å²) in [7, 11) is 1.48. The molecule has 1 aromatic heterocycles. The lowest BCUT2D eigenvalue weighted by Crippen LogP contribution is -2.46. The minimum atomic E-state index is -1.26. The molecule has 0 radical (unpaired) electrons. The van der Waals surface area contributed by atoms with Gasteiger partial charge in [0.2, 0.25) is 11.7 Å². The van der Waals surface area contributed by atoms with Crippen molar-refractivity contribution in [3.05, 3.63) is 64.6 Å². The zero-order valence-electron chi connectivity index (χ0n) is 23.8. The number of rotatable bonds is 7. The van der Waals surface area contributed by atoms with Gasteiger partial charge in [-0.3, -0.25) is 14.4 Å². The molecule has 0 saturated carbocycles. The number of piperidine rings is 1. The van der Waals surface area contributed by atoms with Gasteiger partial charge in [-0.2, -0.15) is 21.4 Å². The van der Waals surface area contributed by atoms with E-state index in [1.165, 1.54) is 42.1 Å². The third-order valence-electron chi connectivity index (χ3n) is 7.72. The van der Waals surface area contributed by atoms with Gasteiger partial charge in [0.25, 0.3) is 11.8 Å². The Balaban J connectivity index is 1.22. The molecule has 2 aromatic carbocycles. The summed E-state index contributed by atoms with van der Waals surface area (Å²) in [6, 6.07) is 8.68. The number of hydrogen-bond acceptors (Lipinski definition) is 7. The Bertz CT molecular complexity index is 1630. The molecule has 44 heavy (non-hydrogen) atoms. The van der Waals surface area contributed by atoms with E-state index in [1.807, 2.05) is 16.7 Å². The summed E-state index contributed by atoms with van der Waals surface area (Å²) in [6.07, 6.45) is 2.43. The molecule has 0 aliphatic carbocycles. The standard InChI is InChI=1S/C30H29ClF2N6O4S/c1-37-23(21-4-5-24(43-13-8-34)26(33)25(21)32)17-35-27(37)28(40)36-19-2-3-20(22(31)16-19)30(42)38-9-6-18(7-10-38)29(41)39-11-14-44-15-12-39/h2-5,16-18H,6-7,9-15H2,1H3,(H,36,40). The van der Waals surface area contributed by atoms with Crippen LogP contribution in [0.1, 0.15) is 33.8 Å². The highest BCUT2D eigenvalue weighted by molar-refractivity contribution is 7.99. The number of likely N-dealkylation sites (tertiary alicyclic amines) is 1. The summed E-state index contributed by atoms with van der Waals surface area (Å²) in [4.78, 5) is 46.8. The van der Waals surface area contributed by atoms with Crippen molar-refractivity contribution in [3.8, 4) is 23.1 Å².